The number of sulfonamides is 1. The first kappa shape index (κ1) is 24.4. The van der Waals surface area contributed by atoms with Gasteiger partial charge in [0.05, 0.1) is 11.0 Å². The molecule has 1 aliphatic rings. The second kappa shape index (κ2) is 10.2. The maximum Gasteiger partial charge on any atom is 0.321 e. The maximum absolute atomic E-state index is 12.6. The molecule has 1 aromatic heterocycles. The maximum atomic E-state index is 12.6. The summed E-state index contributed by atoms with van der Waals surface area (Å²) in [7, 11) is -2.62. The number of benzene rings is 1. The van der Waals surface area contributed by atoms with E-state index in [1.807, 2.05) is 18.4 Å². The third-order valence-electron chi connectivity index (χ3n) is 5.52. The first-order valence-corrected chi connectivity index (χ1v) is 12.1. The highest BCUT2D eigenvalue weighted by molar-refractivity contribution is 7.89. The van der Waals surface area contributed by atoms with Crippen molar-refractivity contribution in [1.82, 2.24) is 8.87 Å². The van der Waals surface area contributed by atoms with Crippen LogP contribution in [0.15, 0.2) is 35.2 Å². The smallest absolute Gasteiger partial charge is 0.321 e. The van der Waals surface area contributed by atoms with E-state index in [2.05, 4.69) is 0 Å². The topological polar surface area (TPSA) is 94.9 Å². The zero-order valence-electron chi connectivity index (χ0n) is 18.3. The SMILES string of the molecule is Cc1cc(C(=O)COC(=O)CN(C)S(=O)(=O)c2ccc(Cl)cc2)c(C)n1C[C@@H]1CCCO1. The summed E-state index contributed by atoms with van der Waals surface area (Å²) >= 11 is 5.79. The fourth-order valence-electron chi connectivity index (χ4n) is 3.68. The Bertz CT molecular complexity index is 1090. The van der Waals surface area contributed by atoms with E-state index < -0.39 is 29.1 Å². The molecule has 0 bridgehead atoms. The quantitative estimate of drug-likeness (QED) is 0.403. The minimum absolute atomic E-state index is 0.00644. The Morgan fingerprint density at radius 2 is 1.94 bits per heavy atom. The molecule has 32 heavy (non-hydrogen) atoms. The van der Waals surface area contributed by atoms with Crippen LogP contribution in [-0.2, 0) is 30.8 Å². The van der Waals surface area contributed by atoms with Crippen molar-refractivity contribution in [3.8, 4) is 0 Å². The molecule has 0 unspecified atom stereocenters. The van der Waals surface area contributed by atoms with Crippen LogP contribution >= 0.6 is 11.6 Å². The van der Waals surface area contributed by atoms with Crippen molar-refractivity contribution >= 4 is 33.4 Å². The predicted octanol–water partition coefficient (Wildman–Crippen LogP) is 2.98. The van der Waals surface area contributed by atoms with Gasteiger partial charge in [0.25, 0.3) is 0 Å². The lowest BCUT2D eigenvalue weighted by atomic mass is 10.1. The number of hydrogen-bond acceptors (Lipinski definition) is 6. The molecule has 0 saturated carbocycles. The van der Waals surface area contributed by atoms with Crippen molar-refractivity contribution in [3.05, 3.63) is 52.3 Å². The number of ether oxygens (including phenoxy) is 2. The number of hydrogen-bond donors (Lipinski definition) is 0. The minimum atomic E-state index is -3.89. The van der Waals surface area contributed by atoms with Gasteiger partial charge in [-0.15, -0.1) is 0 Å². The number of esters is 1. The van der Waals surface area contributed by atoms with Crippen LogP contribution in [0.1, 0.15) is 34.6 Å². The van der Waals surface area contributed by atoms with Crippen LogP contribution in [0.4, 0.5) is 0 Å². The number of carbonyl (C=O) groups is 2. The molecule has 1 atom stereocenters. The minimum Gasteiger partial charge on any atom is -0.456 e. The molecule has 1 aliphatic heterocycles. The molecule has 10 heteroatoms. The van der Waals surface area contributed by atoms with Crippen molar-refractivity contribution in [3.63, 3.8) is 0 Å². The van der Waals surface area contributed by atoms with Crippen LogP contribution in [0.25, 0.3) is 0 Å². The van der Waals surface area contributed by atoms with E-state index in [1.165, 1.54) is 31.3 Å². The molecule has 8 nitrogen and oxygen atoms in total. The predicted molar refractivity (Wildman–Crippen MR) is 119 cm³/mol. The van der Waals surface area contributed by atoms with Crippen molar-refractivity contribution < 1.29 is 27.5 Å². The van der Waals surface area contributed by atoms with Gasteiger partial charge in [0.15, 0.2) is 6.61 Å². The molecule has 1 aromatic carbocycles. The molecule has 1 fully saturated rings. The van der Waals surface area contributed by atoms with Crippen molar-refractivity contribution in [2.24, 2.45) is 0 Å². The van der Waals surface area contributed by atoms with Crippen LogP contribution in [-0.4, -0.2) is 62.0 Å². The van der Waals surface area contributed by atoms with E-state index in [-0.39, 0.29) is 16.8 Å². The molecule has 1 saturated heterocycles. The molecular formula is C22H27ClN2O6S. The van der Waals surface area contributed by atoms with Crippen molar-refractivity contribution in [2.45, 2.75) is 44.2 Å². The molecule has 0 radical (unpaired) electrons. The molecule has 2 heterocycles. The van der Waals surface area contributed by atoms with Gasteiger partial charge >= 0.3 is 5.97 Å². The zero-order valence-corrected chi connectivity index (χ0v) is 19.9. The Balaban J connectivity index is 1.57. The van der Waals surface area contributed by atoms with Gasteiger partial charge in [-0.2, -0.15) is 4.31 Å². The van der Waals surface area contributed by atoms with Crippen molar-refractivity contribution in [2.75, 3.05) is 26.8 Å². The second-order valence-corrected chi connectivity index (χ2v) is 10.3. The number of aromatic nitrogens is 1. The standard InChI is InChI=1S/C22H27ClN2O6S/c1-15-11-20(16(2)25(15)12-18-5-4-10-30-18)21(26)14-31-22(27)13-24(3)32(28,29)19-8-6-17(23)7-9-19/h6-9,11,18H,4-5,10,12-14H2,1-3H3/t18-/m0/s1. The monoisotopic (exact) mass is 482 g/mol. The summed E-state index contributed by atoms with van der Waals surface area (Å²) in [4.78, 5) is 24.8. The number of rotatable bonds is 9. The molecule has 174 valence electrons. The summed E-state index contributed by atoms with van der Waals surface area (Å²) < 4.78 is 38.8. The van der Waals surface area contributed by atoms with Gasteiger partial charge in [-0.1, -0.05) is 11.6 Å². The largest absolute Gasteiger partial charge is 0.456 e. The summed E-state index contributed by atoms with van der Waals surface area (Å²) in [5.74, 6) is -1.15. The van der Waals surface area contributed by atoms with E-state index >= 15 is 0 Å². The van der Waals surface area contributed by atoms with E-state index in [0.29, 0.717) is 17.1 Å². The lowest BCUT2D eigenvalue weighted by Crippen LogP contribution is -2.33. The van der Waals surface area contributed by atoms with Crippen LogP contribution in [0, 0.1) is 13.8 Å². The van der Waals surface area contributed by atoms with Gasteiger partial charge in [-0.25, -0.2) is 8.42 Å². The summed E-state index contributed by atoms with van der Waals surface area (Å²) in [6.07, 6.45) is 2.16. The molecular weight excluding hydrogens is 456 g/mol. The molecule has 0 aliphatic carbocycles. The Morgan fingerprint density at radius 1 is 1.25 bits per heavy atom. The summed E-state index contributed by atoms with van der Waals surface area (Å²) in [6, 6.07) is 7.39. The molecule has 0 N–H and O–H groups in total. The van der Waals surface area contributed by atoms with E-state index in [0.717, 1.165) is 35.1 Å². The third kappa shape index (κ3) is 5.58. The number of ketones is 1. The first-order chi connectivity index (χ1) is 15.1. The molecule has 3 rings (SSSR count). The van der Waals surface area contributed by atoms with Crippen LogP contribution < -0.4 is 0 Å². The molecule has 0 amide bonds. The van der Waals surface area contributed by atoms with E-state index in [1.54, 1.807) is 6.07 Å². The fourth-order valence-corrected chi connectivity index (χ4v) is 4.92. The zero-order chi connectivity index (χ0) is 23.5. The summed E-state index contributed by atoms with van der Waals surface area (Å²) in [5.41, 5.74) is 2.21. The highest BCUT2D eigenvalue weighted by Crippen LogP contribution is 2.21. The van der Waals surface area contributed by atoms with Gasteiger partial charge in [-0.3, -0.25) is 9.59 Å². The average molecular weight is 483 g/mol. The Hall–Kier alpha value is -2.20. The van der Waals surface area contributed by atoms with Crippen molar-refractivity contribution in [1.29, 1.82) is 0 Å². The second-order valence-electron chi connectivity index (χ2n) is 7.83. The number of Topliss-reactive ketones (excluding diaryl/α,β-unsaturated/α-hetero) is 1. The van der Waals surface area contributed by atoms with Gasteiger partial charge < -0.3 is 14.0 Å². The summed E-state index contributed by atoms with van der Waals surface area (Å²) in [5, 5.41) is 0.402. The van der Waals surface area contributed by atoms with Gasteiger partial charge in [0.2, 0.25) is 15.8 Å². The van der Waals surface area contributed by atoms with Crippen LogP contribution in [0.3, 0.4) is 0 Å². The Kier molecular flexibility index (Phi) is 7.76. The van der Waals surface area contributed by atoms with Crippen LogP contribution in [0.5, 0.6) is 0 Å². The molecule has 0 spiro atoms. The Labute approximate surface area is 193 Å². The van der Waals surface area contributed by atoms with Gasteiger partial charge in [-0.05, 0) is 57.0 Å². The first-order valence-electron chi connectivity index (χ1n) is 10.3. The van der Waals surface area contributed by atoms with Gasteiger partial charge in [0.1, 0.15) is 6.54 Å². The highest BCUT2D eigenvalue weighted by atomic mass is 35.5. The highest BCUT2D eigenvalue weighted by Gasteiger charge is 2.25. The van der Waals surface area contributed by atoms with E-state index in [9.17, 15) is 18.0 Å². The Morgan fingerprint density at radius 3 is 2.56 bits per heavy atom. The number of likely N-dealkylation sites (N-methyl/N-ethyl adjacent to an activating group) is 1. The van der Waals surface area contributed by atoms with Gasteiger partial charge in [0, 0.05) is 42.2 Å². The number of aryl methyl sites for hydroxylation is 1. The lowest BCUT2D eigenvalue weighted by molar-refractivity contribution is -0.142. The average Bonchev–Trinajstić information content (AvgIpc) is 3.36. The van der Waals surface area contributed by atoms with Crippen LogP contribution in [0.2, 0.25) is 5.02 Å². The number of nitrogens with zero attached hydrogens (tertiary/aromatic N) is 2. The normalized spacial score (nSPS) is 16.5. The summed E-state index contributed by atoms with van der Waals surface area (Å²) in [6.45, 7) is 4.23. The van der Waals surface area contributed by atoms with E-state index in [4.69, 9.17) is 21.1 Å². The number of carbonyl (C=O) groups excluding carboxylic acids is 2. The number of halogens is 1. The molecule has 2 aromatic rings. The lowest BCUT2D eigenvalue weighted by Gasteiger charge is -2.16. The third-order valence-corrected chi connectivity index (χ3v) is 7.59. The fraction of sp³-hybridized carbons (Fsp3) is 0.455.